The number of methoxy groups -OCH3 is 1. The summed E-state index contributed by atoms with van der Waals surface area (Å²) in [6, 6.07) is 8.81. The van der Waals surface area contributed by atoms with Crippen molar-refractivity contribution < 1.29 is 9.47 Å². The van der Waals surface area contributed by atoms with Crippen molar-refractivity contribution in [3.63, 3.8) is 0 Å². The Bertz CT molecular complexity index is 371. The molecule has 0 saturated carbocycles. The maximum atomic E-state index is 5.83. The number of rotatable bonds is 7. The summed E-state index contributed by atoms with van der Waals surface area (Å²) < 4.78 is 11.1. The first-order chi connectivity index (χ1) is 9.83. The number of hydrogen-bond acceptors (Lipinski definition) is 3. The van der Waals surface area contributed by atoms with Crippen molar-refractivity contribution >= 4 is 0 Å². The van der Waals surface area contributed by atoms with Crippen LogP contribution in [-0.4, -0.2) is 26.4 Å². The first kappa shape index (κ1) is 15.3. The fourth-order valence-corrected chi connectivity index (χ4v) is 2.86. The minimum absolute atomic E-state index is 0.413. The SMILES string of the molecule is CCNC(CCC1CCCCO1)c1ccc(OC)cc1. The molecule has 0 amide bonds. The van der Waals surface area contributed by atoms with Crippen molar-refractivity contribution in [3.8, 4) is 5.75 Å². The highest BCUT2D eigenvalue weighted by Gasteiger charge is 2.17. The molecule has 1 aliphatic heterocycles. The Labute approximate surface area is 122 Å². The Morgan fingerprint density at radius 2 is 2.10 bits per heavy atom. The summed E-state index contributed by atoms with van der Waals surface area (Å²) in [5.41, 5.74) is 1.34. The summed E-state index contributed by atoms with van der Waals surface area (Å²) in [5, 5.41) is 3.58. The van der Waals surface area contributed by atoms with Crippen molar-refractivity contribution in [3.05, 3.63) is 29.8 Å². The van der Waals surface area contributed by atoms with E-state index in [2.05, 4.69) is 24.4 Å². The summed E-state index contributed by atoms with van der Waals surface area (Å²) in [5.74, 6) is 0.916. The summed E-state index contributed by atoms with van der Waals surface area (Å²) in [6.45, 7) is 4.09. The standard InChI is InChI=1S/C17H27NO2/c1-3-18-17(12-11-16-6-4-5-13-20-16)14-7-9-15(19-2)10-8-14/h7-10,16-18H,3-6,11-13H2,1-2H3. The molecular weight excluding hydrogens is 250 g/mol. The highest BCUT2D eigenvalue weighted by molar-refractivity contribution is 5.29. The lowest BCUT2D eigenvalue weighted by molar-refractivity contribution is 0.00856. The van der Waals surface area contributed by atoms with Crippen LogP contribution in [0, 0.1) is 0 Å². The topological polar surface area (TPSA) is 30.5 Å². The van der Waals surface area contributed by atoms with E-state index in [1.54, 1.807) is 7.11 Å². The van der Waals surface area contributed by atoms with E-state index in [9.17, 15) is 0 Å². The van der Waals surface area contributed by atoms with E-state index in [-0.39, 0.29) is 0 Å². The molecule has 1 aliphatic rings. The third-order valence-corrected chi connectivity index (χ3v) is 4.02. The zero-order valence-corrected chi connectivity index (χ0v) is 12.7. The molecule has 1 aromatic rings. The predicted octanol–water partition coefficient (Wildman–Crippen LogP) is 3.70. The number of benzene rings is 1. The van der Waals surface area contributed by atoms with Crippen LogP contribution in [0.5, 0.6) is 5.75 Å². The van der Waals surface area contributed by atoms with Crippen LogP contribution in [0.4, 0.5) is 0 Å². The van der Waals surface area contributed by atoms with Gasteiger partial charge in [-0.2, -0.15) is 0 Å². The van der Waals surface area contributed by atoms with Crippen LogP contribution in [0.1, 0.15) is 50.6 Å². The maximum Gasteiger partial charge on any atom is 0.118 e. The molecule has 1 N–H and O–H groups in total. The molecule has 2 unspecified atom stereocenters. The summed E-state index contributed by atoms with van der Waals surface area (Å²) in [4.78, 5) is 0. The lowest BCUT2D eigenvalue weighted by atomic mass is 9.97. The van der Waals surface area contributed by atoms with Crippen molar-refractivity contribution in [1.82, 2.24) is 5.32 Å². The second-order valence-corrected chi connectivity index (χ2v) is 5.45. The van der Waals surface area contributed by atoms with Crippen molar-refractivity contribution in [2.24, 2.45) is 0 Å². The van der Waals surface area contributed by atoms with Gasteiger partial charge >= 0.3 is 0 Å². The molecule has 20 heavy (non-hydrogen) atoms. The monoisotopic (exact) mass is 277 g/mol. The third-order valence-electron chi connectivity index (χ3n) is 4.02. The molecule has 2 atom stereocenters. The highest BCUT2D eigenvalue weighted by atomic mass is 16.5. The summed E-state index contributed by atoms with van der Waals surface area (Å²) in [7, 11) is 1.71. The van der Waals surface area contributed by atoms with Gasteiger partial charge in [0.05, 0.1) is 13.2 Å². The Morgan fingerprint density at radius 3 is 2.70 bits per heavy atom. The Kier molecular flexibility index (Phi) is 6.34. The fourth-order valence-electron chi connectivity index (χ4n) is 2.86. The van der Waals surface area contributed by atoms with Crippen LogP contribution >= 0.6 is 0 Å². The van der Waals surface area contributed by atoms with Gasteiger partial charge in [0, 0.05) is 12.6 Å². The van der Waals surface area contributed by atoms with Gasteiger partial charge in [0.25, 0.3) is 0 Å². The Hall–Kier alpha value is -1.06. The summed E-state index contributed by atoms with van der Waals surface area (Å²) in [6.07, 6.45) is 6.50. The van der Waals surface area contributed by atoms with Crippen molar-refractivity contribution in [2.45, 2.75) is 51.2 Å². The maximum absolute atomic E-state index is 5.83. The van der Waals surface area contributed by atoms with Gasteiger partial charge in [-0.15, -0.1) is 0 Å². The average molecular weight is 277 g/mol. The molecule has 3 nitrogen and oxygen atoms in total. The molecule has 0 bridgehead atoms. The van der Waals surface area contributed by atoms with E-state index in [1.165, 1.54) is 24.8 Å². The zero-order chi connectivity index (χ0) is 14.2. The van der Waals surface area contributed by atoms with E-state index in [0.717, 1.165) is 31.7 Å². The lowest BCUT2D eigenvalue weighted by Gasteiger charge is -2.25. The van der Waals surface area contributed by atoms with Gasteiger partial charge in [0.2, 0.25) is 0 Å². The quantitative estimate of drug-likeness (QED) is 0.824. The fraction of sp³-hybridized carbons (Fsp3) is 0.647. The van der Waals surface area contributed by atoms with Gasteiger partial charge < -0.3 is 14.8 Å². The second kappa shape index (κ2) is 8.28. The van der Waals surface area contributed by atoms with E-state index in [1.807, 2.05) is 12.1 Å². The van der Waals surface area contributed by atoms with Crippen LogP contribution in [0.25, 0.3) is 0 Å². The van der Waals surface area contributed by atoms with Crippen LogP contribution in [0.3, 0.4) is 0 Å². The van der Waals surface area contributed by atoms with Crippen LogP contribution < -0.4 is 10.1 Å². The Morgan fingerprint density at radius 1 is 1.30 bits per heavy atom. The predicted molar refractivity (Wildman–Crippen MR) is 82.2 cm³/mol. The van der Waals surface area contributed by atoms with Crippen molar-refractivity contribution in [2.75, 3.05) is 20.3 Å². The van der Waals surface area contributed by atoms with Crippen LogP contribution in [0.15, 0.2) is 24.3 Å². The van der Waals surface area contributed by atoms with Gasteiger partial charge in [0.1, 0.15) is 5.75 Å². The summed E-state index contributed by atoms with van der Waals surface area (Å²) >= 11 is 0. The van der Waals surface area contributed by atoms with E-state index in [4.69, 9.17) is 9.47 Å². The number of ether oxygens (including phenoxy) is 2. The smallest absolute Gasteiger partial charge is 0.118 e. The normalized spacial score (nSPS) is 20.6. The zero-order valence-electron chi connectivity index (χ0n) is 12.7. The van der Waals surface area contributed by atoms with Gasteiger partial charge in [0.15, 0.2) is 0 Å². The van der Waals surface area contributed by atoms with Gasteiger partial charge in [-0.25, -0.2) is 0 Å². The molecule has 0 aromatic heterocycles. The van der Waals surface area contributed by atoms with Crippen molar-refractivity contribution in [1.29, 1.82) is 0 Å². The first-order valence-corrected chi connectivity index (χ1v) is 7.82. The molecule has 0 aliphatic carbocycles. The van der Waals surface area contributed by atoms with E-state index >= 15 is 0 Å². The largest absolute Gasteiger partial charge is 0.497 e. The molecule has 2 rings (SSSR count). The number of nitrogens with one attached hydrogen (secondary N) is 1. The lowest BCUT2D eigenvalue weighted by Crippen LogP contribution is -2.25. The molecular formula is C17H27NO2. The third kappa shape index (κ3) is 4.50. The van der Waals surface area contributed by atoms with Gasteiger partial charge in [-0.05, 0) is 56.3 Å². The number of hydrogen-bond donors (Lipinski definition) is 1. The van der Waals surface area contributed by atoms with Gasteiger partial charge in [-0.3, -0.25) is 0 Å². The molecule has 1 aromatic carbocycles. The van der Waals surface area contributed by atoms with E-state index in [0.29, 0.717) is 12.1 Å². The van der Waals surface area contributed by atoms with Gasteiger partial charge in [-0.1, -0.05) is 19.1 Å². The van der Waals surface area contributed by atoms with E-state index < -0.39 is 0 Å². The molecule has 112 valence electrons. The molecule has 1 saturated heterocycles. The minimum Gasteiger partial charge on any atom is -0.497 e. The highest BCUT2D eigenvalue weighted by Crippen LogP contribution is 2.25. The van der Waals surface area contributed by atoms with Crippen LogP contribution in [-0.2, 0) is 4.74 Å². The second-order valence-electron chi connectivity index (χ2n) is 5.45. The molecule has 3 heteroatoms. The Balaban J connectivity index is 1.90. The minimum atomic E-state index is 0.413. The molecule has 1 heterocycles. The molecule has 0 spiro atoms. The average Bonchev–Trinajstić information content (AvgIpc) is 2.52. The van der Waals surface area contributed by atoms with Crippen LogP contribution in [0.2, 0.25) is 0 Å². The molecule has 0 radical (unpaired) electrons. The molecule has 1 fully saturated rings. The first-order valence-electron chi connectivity index (χ1n) is 7.82.